The largest absolute Gasteiger partial charge is 0.459 e. The van der Waals surface area contributed by atoms with Crippen LogP contribution in [0.3, 0.4) is 0 Å². The van der Waals surface area contributed by atoms with Gasteiger partial charge in [0.2, 0.25) is 0 Å². The Morgan fingerprint density at radius 3 is 3.08 bits per heavy atom. The van der Waals surface area contributed by atoms with Gasteiger partial charge in [-0.3, -0.25) is 4.79 Å². The molecule has 0 unspecified atom stereocenters. The van der Waals surface area contributed by atoms with E-state index in [0.29, 0.717) is 18.7 Å². The van der Waals surface area contributed by atoms with Crippen LogP contribution >= 0.6 is 0 Å². The van der Waals surface area contributed by atoms with Crippen LogP contribution in [0.2, 0.25) is 0 Å². The van der Waals surface area contributed by atoms with Crippen LogP contribution in [0.5, 0.6) is 0 Å². The fourth-order valence-electron chi connectivity index (χ4n) is 0.908. The highest BCUT2D eigenvalue weighted by Gasteiger charge is 2.12. The molecule has 0 aromatic carbocycles. The lowest BCUT2D eigenvalue weighted by Gasteiger charge is -2.12. The van der Waals surface area contributed by atoms with Crippen molar-refractivity contribution in [3.05, 3.63) is 24.2 Å². The molecule has 13 heavy (non-hydrogen) atoms. The van der Waals surface area contributed by atoms with Crippen LogP contribution in [0.15, 0.2) is 22.8 Å². The first-order valence-corrected chi connectivity index (χ1v) is 3.91. The zero-order valence-electron chi connectivity index (χ0n) is 7.36. The first-order valence-electron chi connectivity index (χ1n) is 3.91. The number of carbonyl (C=O) groups excluding carboxylic acids is 1. The fraction of sp³-hybridized carbons (Fsp3) is 0.333. The minimum Gasteiger partial charge on any atom is -0.459 e. The minimum absolute atomic E-state index is 0.194. The summed E-state index contributed by atoms with van der Waals surface area (Å²) in [6, 6.07) is 5.23. The van der Waals surface area contributed by atoms with Gasteiger partial charge in [-0.15, -0.1) is 0 Å². The number of hydrogen-bond acceptors (Lipinski definition) is 3. The highest BCUT2D eigenvalue weighted by Crippen LogP contribution is 2.03. The van der Waals surface area contributed by atoms with Crippen LogP contribution < -0.4 is 0 Å². The standard InChI is InChI=1S/C9H10N2O2/c1-11(6-3-5-10)9(12)8-4-2-7-13-8/h2,4,7H,3,6H2,1H3. The molecule has 1 amide bonds. The second kappa shape index (κ2) is 4.31. The Hall–Kier alpha value is -1.76. The molecule has 1 rings (SSSR count). The molecule has 1 heterocycles. The molecular formula is C9H10N2O2. The van der Waals surface area contributed by atoms with Crippen molar-refractivity contribution in [2.45, 2.75) is 6.42 Å². The molecule has 0 saturated carbocycles. The quantitative estimate of drug-likeness (QED) is 0.700. The summed E-state index contributed by atoms with van der Waals surface area (Å²) in [5, 5.41) is 8.32. The minimum atomic E-state index is -0.194. The van der Waals surface area contributed by atoms with Crippen molar-refractivity contribution in [3.8, 4) is 6.07 Å². The summed E-state index contributed by atoms with van der Waals surface area (Å²) >= 11 is 0. The molecule has 4 nitrogen and oxygen atoms in total. The molecule has 0 atom stereocenters. The first kappa shape index (κ1) is 9.33. The van der Waals surface area contributed by atoms with Crippen LogP contribution in [0.1, 0.15) is 17.0 Å². The number of nitrogens with zero attached hydrogens (tertiary/aromatic N) is 2. The van der Waals surface area contributed by atoms with E-state index in [2.05, 4.69) is 0 Å². The molecule has 1 aromatic rings. The van der Waals surface area contributed by atoms with Gasteiger partial charge in [-0.05, 0) is 12.1 Å². The smallest absolute Gasteiger partial charge is 0.289 e. The van der Waals surface area contributed by atoms with E-state index in [1.807, 2.05) is 6.07 Å². The average Bonchev–Trinajstić information content (AvgIpc) is 2.65. The van der Waals surface area contributed by atoms with Gasteiger partial charge in [0.1, 0.15) is 0 Å². The highest BCUT2D eigenvalue weighted by molar-refractivity contribution is 5.91. The molecule has 0 spiro atoms. The number of hydrogen-bond donors (Lipinski definition) is 0. The van der Waals surface area contributed by atoms with Gasteiger partial charge in [0.15, 0.2) is 5.76 Å². The lowest BCUT2D eigenvalue weighted by molar-refractivity contribution is 0.0766. The monoisotopic (exact) mass is 178 g/mol. The third-order valence-corrected chi connectivity index (χ3v) is 1.64. The summed E-state index contributed by atoms with van der Waals surface area (Å²) in [5.74, 6) is 0.112. The Balaban J connectivity index is 2.54. The van der Waals surface area contributed by atoms with Crippen molar-refractivity contribution in [3.63, 3.8) is 0 Å². The average molecular weight is 178 g/mol. The summed E-state index contributed by atoms with van der Waals surface area (Å²) in [6.07, 6.45) is 1.79. The van der Waals surface area contributed by atoms with Gasteiger partial charge in [0.25, 0.3) is 5.91 Å². The van der Waals surface area contributed by atoms with Crippen molar-refractivity contribution >= 4 is 5.91 Å². The zero-order valence-corrected chi connectivity index (χ0v) is 7.36. The summed E-state index contributed by atoms with van der Waals surface area (Å²) in [7, 11) is 1.64. The molecular weight excluding hydrogens is 168 g/mol. The number of rotatable bonds is 3. The Morgan fingerprint density at radius 1 is 1.77 bits per heavy atom. The molecule has 0 fully saturated rings. The van der Waals surface area contributed by atoms with Gasteiger partial charge in [-0.25, -0.2) is 0 Å². The van der Waals surface area contributed by atoms with Crippen molar-refractivity contribution in [1.29, 1.82) is 5.26 Å². The third-order valence-electron chi connectivity index (χ3n) is 1.64. The predicted molar refractivity (Wildman–Crippen MR) is 45.9 cm³/mol. The van der Waals surface area contributed by atoms with E-state index in [0.717, 1.165) is 0 Å². The Kier molecular flexibility index (Phi) is 3.09. The fourth-order valence-corrected chi connectivity index (χ4v) is 0.908. The summed E-state index contributed by atoms with van der Waals surface area (Å²) in [6.45, 7) is 0.427. The van der Waals surface area contributed by atoms with Crippen molar-refractivity contribution < 1.29 is 9.21 Å². The molecule has 0 N–H and O–H groups in total. The van der Waals surface area contributed by atoms with E-state index in [4.69, 9.17) is 9.68 Å². The second-order valence-corrected chi connectivity index (χ2v) is 2.61. The normalized spacial score (nSPS) is 9.23. The van der Waals surface area contributed by atoms with Gasteiger partial charge in [-0.1, -0.05) is 0 Å². The van der Waals surface area contributed by atoms with Gasteiger partial charge < -0.3 is 9.32 Å². The van der Waals surface area contributed by atoms with E-state index in [-0.39, 0.29) is 5.91 Å². The molecule has 0 aliphatic carbocycles. The van der Waals surface area contributed by atoms with E-state index in [1.165, 1.54) is 11.2 Å². The molecule has 4 heteroatoms. The van der Waals surface area contributed by atoms with Gasteiger partial charge in [0, 0.05) is 13.6 Å². The SMILES string of the molecule is CN(CCC#N)C(=O)c1ccco1. The Morgan fingerprint density at radius 2 is 2.54 bits per heavy atom. The molecule has 0 radical (unpaired) electrons. The van der Waals surface area contributed by atoms with E-state index in [9.17, 15) is 4.79 Å². The molecule has 68 valence electrons. The molecule has 0 aliphatic heterocycles. The van der Waals surface area contributed by atoms with Crippen LogP contribution in [0.25, 0.3) is 0 Å². The second-order valence-electron chi connectivity index (χ2n) is 2.61. The van der Waals surface area contributed by atoms with Crippen molar-refractivity contribution in [2.24, 2.45) is 0 Å². The van der Waals surface area contributed by atoms with Gasteiger partial charge in [-0.2, -0.15) is 5.26 Å². The summed E-state index contributed by atoms with van der Waals surface area (Å²) < 4.78 is 4.92. The van der Waals surface area contributed by atoms with Crippen LogP contribution in [0, 0.1) is 11.3 Å². The third kappa shape index (κ3) is 2.34. The maximum atomic E-state index is 11.4. The first-order chi connectivity index (χ1) is 6.25. The number of amides is 1. The highest BCUT2D eigenvalue weighted by atomic mass is 16.3. The summed E-state index contributed by atoms with van der Waals surface area (Å²) in [4.78, 5) is 12.9. The lowest BCUT2D eigenvalue weighted by Crippen LogP contribution is -2.27. The Labute approximate surface area is 76.4 Å². The predicted octanol–water partition coefficient (Wildman–Crippen LogP) is 1.27. The Bertz CT molecular complexity index is 311. The van der Waals surface area contributed by atoms with Crippen LogP contribution in [0.4, 0.5) is 0 Å². The van der Waals surface area contributed by atoms with E-state index >= 15 is 0 Å². The number of carbonyl (C=O) groups is 1. The van der Waals surface area contributed by atoms with E-state index in [1.54, 1.807) is 19.2 Å². The van der Waals surface area contributed by atoms with Crippen LogP contribution in [-0.4, -0.2) is 24.4 Å². The molecule has 0 bridgehead atoms. The van der Waals surface area contributed by atoms with Crippen LogP contribution in [-0.2, 0) is 0 Å². The molecule has 1 aromatic heterocycles. The van der Waals surface area contributed by atoms with Gasteiger partial charge >= 0.3 is 0 Å². The molecule has 0 aliphatic rings. The maximum Gasteiger partial charge on any atom is 0.289 e. The molecule has 0 saturated heterocycles. The summed E-state index contributed by atoms with van der Waals surface area (Å²) in [5.41, 5.74) is 0. The van der Waals surface area contributed by atoms with E-state index < -0.39 is 0 Å². The topological polar surface area (TPSA) is 57.2 Å². The zero-order chi connectivity index (χ0) is 9.68. The van der Waals surface area contributed by atoms with Crippen molar-refractivity contribution in [1.82, 2.24) is 4.90 Å². The van der Waals surface area contributed by atoms with Crippen molar-refractivity contribution in [2.75, 3.05) is 13.6 Å². The number of furan rings is 1. The lowest BCUT2D eigenvalue weighted by atomic mass is 10.3. The number of nitriles is 1. The maximum absolute atomic E-state index is 11.4. The van der Waals surface area contributed by atoms with Gasteiger partial charge in [0.05, 0.1) is 18.8 Å².